The van der Waals surface area contributed by atoms with Crippen LogP contribution in [0.2, 0.25) is 0 Å². The molecule has 0 aliphatic carbocycles. The molecular weight excluding hydrogens is 298 g/mol. The lowest BCUT2D eigenvalue weighted by Crippen LogP contribution is -2.15. The average Bonchev–Trinajstić information content (AvgIpc) is 2.67. The number of hydrogen-bond donors (Lipinski definition) is 0. The molecule has 3 rings (SSSR count). The van der Waals surface area contributed by atoms with Crippen LogP contribution in [0.1, 0.15) is 15.9 Å². The van der Waals surface area contributed by atoms with Gasteiger partial charge in [0.05, 0.1) is 12.8 Å². The van der Waals surface area contributed by atoms with Crippen molar-refractivity contribution in [3.8, 4) is 5.75 Å². The molecule has 0 unspecified atom stereocenters. The van der Waals surface area contributed by atoms with Gasteiger partial charge in [-0.15, -0.1) is 0 Å². The first-order valence-corrected chi connectivity index (χ1v) is 7.66. The standard InChI is InChI=1S/C21H17NO2/c1-24-19-14-8-11-17(15-19)21(23)20(16-9-4-2-5-10-16)22-18-12-6-3-7-13-18/h2-15H,1H3. The number of nitrogens with zero attached hydrogens (tertiary/aromatic N) is 1. The fraction of sp³-hybridized carbons (Fsp3) is 0.0476. The molecule has 0 aliphatic heterocycles. The van der Waals surface area contributed by atoms with Gasteiger partial charge in [0.15, 0.2) is 0 Å². The first kappa shape index (κ1) is 15.7. The second-order valence-electron chi connectivity index (χ2n) is 5.22. The molecular formula is C21H17NO2. The van der Waals surface area contributed by atoms with E-state index in [-0.39, 0.29) is 5.78 Å². The SMILES string of the molecule is COc1cccc(C(=O)C(=Nc2ccccc2)c2ccccc2)c1. The van der Waals surface area contributed by atoms with Crippen molar-refractivity contribution in [2.45, 2.75) is 0 Å². The first-order valence-electron chi connectivity index (χ1n) is 7.66. The van der Waals surface area contributed by atoms with E-state index in [2.05, 4.69) is 4.99 Å². The minimum absolute atomic E-state index is 0.135. The third-order valence-corrected chi connectivity index (χ3v) is 3.59. The molecule has 0 aliphatic rings. The Kier molecular flexibility index (Phi) is 4.82. The molecule has 0 radical (unpaired) electrons. The van der Waals surface area contributed by atoms with E-state index in [1.165, 1.54) is 0 Å². The van der Waals surface area contributed by atoms with Crippen LogP contribution < -0.4 is 4.74 Å². The smallest absolute Gasteiger partial charge is 0.212 e. The summed E-state index contributed by atoms with van der Waals surface area (Å²) >= 11 is 0. The van der Waals surface area contributed by atoms with Gasteiger partial charge in [0, 0.05) is 11.1 Å². The lowest BCUT2D eigenvalue weighted by Gasteiger charge is -2.08. The Morgan fingerprint density at radius 2 is 1.42 bits per heavy atom. The van der Waals surface area contributed by atoms with Crippen LogP contribution >= 0.6 is 0 Å². The zero-order chi connectivity index (χ0) is 16.8. The zero-order valence-corrected chi connectivity index (χ0v) is 13.3. The predicted octanol–water partition coefficient (Wildman–Crippen LogP) is 4.70. The molecule has 0 saturated heterocycles. The van der Waals surface area contributed by atoms with Crippen molar-refractivity contribution in [1.82, 2.24) is 0 Å². The van der Waals surface area contributed by atoms with Crippen molar-refractivity contribution in [1.29, 1.82) is 0 Å². The molecule has 0 heterocycles. The zero-order valence-electron chi connectivity index (χ0n) is 13.3. The molecule has 0 N–H and O–H groups in total. The summed E-state index contributed by atoms with van der Waals surface area (Å²) in [6, 6.07) is 26.1. The summed E-state index contributed by atoms with van der Waals surface area (Å²) in [4.78, 5) is 17.6. The van der Waals surface area contributed by atoms with Crippen molar-refractivity contribution < 1.29 is 9.53 Å². The Bertz CT molecular complexity index is 855. The molecule has 0 spiro atoms. The molecule has 0 fully saturated rings. The number of hydrogen-bond acceptors (Lipinski definition) is 3. The van der Waals surface area contributed by atoms with Crippen molar-refractivity contribution in [2.75, 3.05) is 7.11 Å². The van der Waals surface area contributed by atoms with Crippen LogP contribution in [-0.4, -0.2) is 18.6 Å². The van der Waals surface area contributed by atoms with E-state index in [1.807, 2.05) is 66.7 Å². The third kappa shape index (κ3) is 3.58. The van der Waals surface area contributed by atoms with E-state index in [9.17, 15) is 4.79 Å². The topological polar surface area (TPSA) is 38.7 Å². The monoisotopic (exact) mass is 315 g/mol. The third-order valence-electron chi connectivity index (χ3n) is 3.59. The summed E-state index contributed by atoms with van der Waals surface area (Å²) in [7, 11) is 1.58. The van der Waals surface area contributed by atoms with E-state index in [0.29, 0.717) is 17.0 Å². The molecule has 0 aromatic heterocycles. The average molecular weight is 315 g/mol. The lowest BCUT2D eigenvalue weighted by atomic mass is 10.00. The number of Topliss-reactive ketones (excluding diaryl/α,β-unsaturated/α-hetero) is 1. The van der Waals surface area contributed by atoms with E-state index in [0.717, 1.165) is 11.3 Å². The van der Waals surface area contributed by atoms with Gasteiger partial charge in [0.25, 0.3) is 0 Å². The minimum Gasteiger partial charge on any atom is -0.497 e. The summed E-state index contributed by atoms with van der Waals surface area (Å²) < 4.78 is 5.22. The molecule has 0 saturated carbocycles. The number of para-hydroxylation sites is 1. The molecule has 3 aromatic carbocycles. The van der Waals surface area contributed by atoms with Crippen LogP contribution in [0.5, 0.6) is 5.75 Å². The Morgan fingerprint density at radius 3 is 2.08 bits per heavy atom. The number of aliphatic imine (C=N–C) groups is 1. The number of rotatable bonds is 5. The van der Waals surface area contributed by atoms with Crippen molar-refractivity contribution >= 4 is 17.2 Å². The molecule has 3 heteroatoms. The maximum atomic E-state index is 13.0. The highest BCUT2D eigenvalue weighted by molar-refractivity contribution is 6.51. The van der Waals surface area contributed by atoms with E-state index >= 15 is 0 Å². The molecule has 3 aromatic rings. The van der Waals surface area contributed by atoms with Gasteiger partial charge in [-0.3, -0.25) is 4.79 Å². The minimum atomic E-state index is -0.135. The first-order chi connectivity index (χ1) is 11.8. The number of methoxy groups -OCH3 is 1. The van der Waals surface area contributed by atoms with Gasteiger partial charge in [0.1, 0.15) is 11.5 Å². The van der Waals surface area contributed by atoms with Crippen LogP contribution in [0.4, 0.5) is 5.69 Å². The molecule has 0 atom stereocenters. The van der Waals surface area contributed by atoms with Gasteiger partial charge in [-0.05, 0) is 24.3 Å². The second kappa shape index (κ2) is 7.38. The fourth-order valence-corrected chi connectivity index (χ4v) is 2.38. The largest absolute Gasteiger partial charge is 0.497 e. The summed E-state index contributed by atoms with van der Waals surface area (Å²) in [6.07, 6.45) is 0. The predicted molar refractivity (Wildman–Crippen MR) is 96.4 cm³/mol. The maximum Gasteiger partial charge on any atom is 0.212 e. The van der Waals surface area contributed by atoms with Crippen LogP contribution in [-0.2, 0) is 0 Å². The van der Waals surface area contributed by atoms with Gasteiger partial charge in [-0.25, -0.2) is 4.99 Å². The molecule has 0 bridgehead atoms. The fourth-order valence-electron chi connectivity index (χ4n) is 2.38. The summed E-state index contributed by atoms with van der Waals surface area (Å²) in [5.74, 6) is 0.511. The highest BCUT2D eigenvalue weighted by atomic mass is 16.5. The highest BCUT2D eigenvalue weighted by Crippen LogP contribution is 2.19. The van der Waals surface area contributed by atoms with E-state index < -0.39 is 0 Å². The van der Waals surface area contributed by atoms with Crippen molar-refractivity contribution in [3.05, 3.63) is 96.1 Å². The Morgan fingerprint density at radius 1 is 0.792 bits per heavy atom. The lowest BCUT2D eigenvalue weighted by molar-refractivity contribution is 0.106. The number of ether oxygens (including phenoxy) is 1. The quantitative estimate of drug-likeness (QED) is 0.505. The van der Waals surface area contributed by atoms with Crippen molar-refractivity contribution in [2.24, 2.45) is 4.99 Å². The Hall–Kier alpha value is -3.20. The summed E-state index contributed by atoms with van der Waals surface area (Å²) in [5, 5.41) is 0. The highest BCUT2D eigenvalue weighted by Gasteiger charge is 2.17. The van der Waals surface area contributed by atoms with Crippen LogP contribution in [0.25, 0.3) is 0 Å². The molecule has 24 heavy (non-hydrogen) atoms. The summed E-state index contributed by atoms with van der Waals surface area (Å²) in [5.41, 5.74) is 2.49. The van der Waals surface area contributed by atoms with Crippen molar-refractivity contribution in [3.63, 3.8) is 0 Å². The number of ketones is 1. The van der Waals surface area contributed by atoms with Crippen LogP contribution in [0, 0.1) is 0 Å². The number of benzene rings is 3. The van der Waals surface area contributed by atoms with Gasteiger partial charge in [0.2, 0.25) is 5.78 Å². The van der Waals surface area contributed by atoms with Crippen LogP contribution in [0.3, 0.4) is 0 Å². The van der Waals surface area contributed by atoms with Gasteiger partial charge < -0.3 is 4.74 Å². The molecule has 118 valence electrons. The van der Waals surface area contributed by atoms with Gasteiger partial charge in [-0.1, -0.05) is 60.7 Å². The number of carbonyl (C=O) groups is 1. The Labute approximate surface area is 141 Å². The number of carbonyl (C=O) groups excluding carboxylic acids is 1. The van der Waals surface area contributed by atoms with Gasteiger partial charge in [-0.2, -0.15) is 0 Å². The Balaban J connectivity index is 2.07. The van der Waals surface area contributed by atoms with E-state index in [4.69, 9.17) is 4.74 Å². The maximum absolute atomic E-state index is 13.0. The van der Waals surface area contributed by atoms with Crippen LogP contribution in [0.15, 0.2) is 89.9 Å². The van der Waals surface area contributed by atoms with E-state index in [1.54, 1.807) is 25.3 Å². The summed E-state index contributed by atoms with van der Waals surface area (Å²) in [6.45, 7) is 0. The molecule has 0 amide bonds. The van der Waals surface area contributed by atoms with Gasteiger partial charge >= 0.3 is 0 Å². The second-order valence-corrected chi connectivity index (χ2v) is 5.22. The molecule has 3 nitrogen and oxygen atoms in total. The normalized spacial score (nSPS) is 11.1.